The molecule has 1 aliphatic rings. The third kappa shape index (κ3) is 7.58. The first-order valence-electron chi connectivity index (χ1n) is 8.30. The van der Waals surface area contributed by atoms with Crippen LogP contribution in [0.25, 0.3) is 0 Å². The van der Waals surface area contributed by atoms with Gasteiger partial charge in [-0.15, -0.1) is 0 Å². The molecule has 0 saturated carbocycles. The molecule has 1 heterocycles. The molecule has 1 fully saturated rings. The van der Waals surface area contributed by atoms with Crippen LogP contribution in [0, 0.1) is 5.92 Å². The van der Waals surface area contributed by atoms with E-state index in [9.17, 15) is 0 Å². The lowest BCUT2D eigenvalue weighted by atomic mass is 9.91. The van der Waals surface area contributed by atoms with Gasteiger partial charge in [-0.1, -0.05) is 6.92 Å². The van der Waals surface area contributed by atoms with Crippen molar-refractivity contribution in [3.05, 3.63) is 0 Å². The first-order valence-corrected chi connectivity index (χ1v) is 8.30. The van der Waals surface area contributed by atoms with Crippen molar-refractivity contribution in [3.63, 3.8) is 0 Å². The van der Waals surface area contributed by atoms with E-state index in [0.717, 1.165) is 25.5 Å². The van der Waals surface area contributed by atoms with Crippen LogP contribution in [0.1, 0.15) is 39.5 Å². The summed E-state index contributed by atoms with van der Waals surface area (Å²) in [5, 5.41) is 3.67. The standard InChI is InChI=1S/C16H34N2O2/c1-4-9-18-10-5-7-16(14-18)15(2)17-8-6-11-20-13-12-19-3/h15-17H,4-14H2,1-3H3. The topological polar surface area (TPSA) is 33.7 Å². The van der Waals surface area contributed by atoms with Crippen molar-refractivity contribution in [1.82, 2.24) is 10.2 Å². The van der Waals surface area contributed by atoms with Gasteiger partial charge >= 0.3 is 0 Å². The van der Waals surface area contributed by atoms with Gasteiger partial charge in [0.1, 0.15) is 0 Å². The maximum Gasteiger partial charge on any atom is 0.0700 e. The first kappa shape index (κ1) is 17.9. The summed E-state index contributed by atoms with van der Waals surface area (Å²) in [6.45, 7) is 11.7. The minimum absolute atomic E-state index is 0.619. The van der Waals surface area contributed by atoms with E-state index in [2.05, 4.69) is 24.1 Å². The zero-order valence-corrected chi connectivity index (χ0v) is 13.7. The number of ether oxygens (including phenoxy) is 2. The molecule has 0 aromatic carbocycles. The number of piperidine rings is 1. The molecule has 4 heteroatoms. The molecular formula is C16H34N2O2. The van der Waals surface area contributed by atoms with Gasteiger partial charge in [-0.25, -0.2) is 0 Å². The molecule has 0 aromatic heterocycles. The van der Waals surface area contributed by atoms with E-state index in [1.54, 1.807) is 7.11 Å². The Labute approximate surface area is 125 Å². The number of nitrogens with zero attached hydrogens (tertiary/aromatic N) is 1. The highest BCUT2D eigenvalue weighted by atomic mass is 16.5. The Bertz CT molecular complexity index is 225. The van der Waals surface area contributed by atoms with Gasteiger partial charge in [-0.3, -0.25) is 0 Å². The fourth-order valence-electron chi connectivity index (χ4n) is 2.93. The molecule has 1 rings (SSSR count). The van der Waals surface area contributed by atoms with E-state index in [-0.39, 0.29) is 0 Å². The lowest BCUT2D eigenvalue weighted by Gasteiger charge is -2.36. The van der Waals surface area contributed by atoms with Gasteiger partial charge in [0.15, 0.2) is 0 Å². The zero-order chi connectivity index (χ0) is 14.6. The molecule has 0 bridgehead atoms. The van der Waals surface area contributed by atoms with Crippen LogP contribution in [-0.4, -0.2) is 64.1 Å². The van der Waals surface area contributed by atoms with Crippen LogP contribution in [-0.2, 0) is 9.47 Å². The molecule has 2 unspecified atom stereocenters. The molecule has 1 N–H and O–H groups in total. The Hall–Kier alpha value is -0.160. The van der Waals surface area contributed by atoms with Crippen LogP contribution < -0.4 is 5.32 Å². The number of hydrogen-bond acceptors (Lipinski definition) is 4. The van der Waals surface area contributed by atoms with Gasteiger partial charge in [0.2, 0.25) is 0 Å². The zero-order valence-electron chi connectivity index (χ0n) is 13.7. The number of nitrogens with one attached hydrogen (secondary N) is 1. The molecule has 0 spiro atoms. The quantitative estimate of drug-likeness (QED) is 0.590. The summed E-state index contributed by atoms with van der Waals surface area (Å²) < 4.78 is 10.4. The van der Waals surface area contributed by atoms with Crippen molar-refractivity contribution in [2.45, 2.75) is 45.6 Å². The van der Waals surface area contributed by atoms with Crippen LogP contribution in [0.4, 0.5) is 0 Å². The van der Waals surface area contributed by atoms with Gasteiger partial charge in [0.05, 0.1) is 13.2 Å². The van der Waals surface area contributed by atoms with E-state index in [0.29, 0.717) is 19.3 Å². The summed E-state index contributed by atoms with van der Waals surface area (Å²) in [6.07, 6.45) is 5.09. The second-order valence-corrected chi connectivity index (χ2v) is 5.90. The van der Waals surface area contributed by atoms with Gasteiger partial charge in [0.25, 0.3) is 0 Å². The second kappa shape index (κ2) is 11.5. The predicted octanol–water partition coefficient (Wildman–Crippen LogP) is 2.14. The Morgan fingerprint density at radius 2 is 2.15 bits per heavy atom. The molecule has 20 heavy (non-hydrogen) atoms. The van der Waals surface area contributed by atoms with Crippen molar-refractivity contribution in [2.75, 3.05) is 53.1 Å². The lowest BCUT2D eigenvalue weighted by Crippen LogP contribution is -2.45. The van der Waals surface area contributed by atoms with Gasteiger partial charge < -0.3 is 19.7 Å². The minimum atomic E-state index is 0.619. The number of hydrogen-bond donors (Lipinski definition) is 1. The summed E-state index contributed by atoms with van der Waals surface area (Å²) >= 11 is 0. The van der Waals surface area contributed by atoms with E-state index in [4.69, 9.17) is 9.47 Å². The monoisotopic (exact) mass is 286 g/mol. The number of rotatable bonds is 11. The fraction of sp³-hybridized carbons (Fsp3) is 1.00. The van der Waals surface area contributed by atoms with Gasteiger partial charge in [-0.05, 0) is 58.2 Å². The lowest BCUT2D eigenvalue weighted by molar-refractivity contribution is 0.0687. The largest absolute Gasteiger partial charge is 0.382 e. The maximum atomic E-state index is 5.48. The highest BCUT2D eigenvalue weighted by molar-refractivity contribution is 4.80. The molecule has 0 aliphatic carbocycles. The van der Waals surface area contributed by atoms with Gasteiger partial charge in [0, 0.05) is 26.3 Å². The number of methoxy groups -OCH3 is 1. The molecule has 2 atom stereocenters. The van der Waals surface area contributed by atoms with E-state index in [1.165, 1.54) is 38.9 Å². The third-order valence-corrected chi connectivity index (χ3v) is 4.15. The summed E-state index contributed by atoms with van der Waals surface area (Å²) in [5.74, 6) is 0.810. The van der Waals surface area contributed by atoms with Crippen LogP contribution in [0.15, 0.2) is 0 Å². The predicted molar refractivity (Wildman–Crippen MR) is 84.2 cm³/mol. The third-order valence-electron chi connectivity index (χ3n) is 4.15. The molecule has 0 aromatic rings. The Morgan fingerprint density at radius 1 is 1.30 bits per heavy atom. The molecular weight excluding hydrogens is 252 g/mol. The summed E-state index contributed by atoms with van der Waals surface area (Å²) in [7, 11) is 1.71. The van der Waals surface area contributed by atoms with Crippen LogP contribution in [0.2, 0.25) is 0 Å². The van der Waals surface area contributed by atoms with Crippen LogP contribution in [0.5, 0.6) is 0 Å². The highest BCUT2D eigenvalue weighted by Crippen LogP contribution is 2.19. The molecule has 120 valence electrons. The van der Waals surface area contributed by atoms with Gasteiger partial charge in [-0.2, -0.15) is 0 Å². The Balaban J connectivity index is 2.05. The molecule has 0 amide bonds. The van der Waals surface area contributed by atoms with E-state index in [1.807, 2.05) is 0 Å². The van der Waals surface area contributed by atoms with E-state index < -0.39 is 0 Å². The minimum Gasteiger partial charge on any atom is -0.382 e. The van der Waals surface area contributed by atoms with E-state index >= 15 is 0 Å². The normalized spacial score (nSPS) is 22.1. The summed E-state index contributed by atoms with van der Waals surface area (Å²) in [6, 6.07) is 0.619. The second-order valence-electron chi connectivity index (χ2n) is 5.90. The number of likely N-dealkylation sites (tertiary alicyclic amines) is 1. The van der Waals surface area contributed by atoms with Crippen LogP contribution >= 0.6 is 0 Å². The summed E-state index contributed by atoms with van der Waals surface area (Å²) in [4.78, 5) is 2.63. The van der Waals surface area contributed by atoms with Crippen molar-refractivity contribution in [2.24, 2.45) is 5.92 Å². The van der Waals surface area contributed by atoms with Crippen molar-refractivity contribution < 1.29 is 9.47 Å². The maximum absolute atomic E-state index is 5.48. The first-order chi connectivity index (χ1) is 9.77. The summed E-state index contributed by atoms with van der Waals surface area (Å²) in [5.41, 5.74) is 0. The SMILES string of the molecule is CCCN1CCCC(C(C)NCCCOCCOC)C1. The molecule has 1 aliphatic heterocycles. The average molecular weight is 286 g/mol. The highest BCUT2D eigenvalue weighted by Gasteiger charge is 2.23. The smallest absolute Gasteiger partial charge is 0.0700 e. The fourth-order valence-corrected chi connectivity index (χ4v) is 2.93. The molecule has 1 saturated heterocycles. The average Bonchev–Trinajstić information content (AvgIpc) is 2.47. The van der Waals surface area contributed by atoms with Crippen molar-refractivity contribution in [1.29, 1.82) is 0 Å². The van der Waals surface area contributed by atoms with Crippen molar-refractivity contribution in [3.8, 4) is 0 Å². The molecule has 0 radical (unpaired) electrons. The Morgan fingerprint density at radius 3 is 2.90 bits per heavy atom. The van der Waals surface area contributed by atoms with Crippen molar-refractivity contribution >= 4 is 0 Å². The van der Waals surface area contributed by atoms with Crippen LogP contribution in [0.3, 0.4) is 0 Å². The molecule has 4 nitrogen and oxygen atoms in total. The Kier molecular flexibility index (Phi) is 10.3.